The van der Waals surface area contributed by atoms with Gasteiger partial charge in [0.1, 0.15) is 0 Å². The van der Waals surface area contributed by atoms with Crippen LogP contribution < -0.4 is 15.5 Å². The number of anilines is 3. The lowest BCUT2D eigenvalue weighted by atomic mass is 10.1. The molecule has 0 saturated carbocycles. The molecule has 0 atom stereocenters. The van der Waals surface area contributed by atoms with Crippen LogP contribution in [0.1, 0.15) is 12.8 Å². The molecule has 0 aromatic carbocycles. The third-order valence-corrected chi connectivity index (χ3v) is 3.20. The van der Waals surface area contributed by atoms with Gasteiger partial charge in [-0.3, -0.25) is 0 Å². The molecule has 0 spiro atoms. The Balaban J connectivity index is 2.17. The van der Waals surface area contributed by atoms with Gasteiger partial charge in [-0.2, -0.15) is 15.0 Å². The zero-order chi connectivity index (χ0) is 15.8. The first-order valence-corrected chi connectivity index (χ1v) is 7.17. The van der Waals surface area contributed by atoms with E-state index in [0.29, 0.717) is 56.9 Å². The molecule has 8 nitrogen and oxygen atoms in total. The van der Waals surface area contributed by atoms with Crippen molar-refractivity contribution in [2.45, 2.75) is 12.8 Å². The summed E-state index contributed by atoms with van der Waals surface area (Å²) in [6.45, 7) is 9.91. The summed E-state index contributed by atoms with van der Waals surface area (Å²) in [5.41, 5.74) is 0.806. The average molecular weight is 303 g/mol. The van der Waals surface area contributed by atoms with Gasteiger partial charge in [0.2, 0.25) is 17.8 Å². The van der Waals surface area contributed by atoms with Crippen molar-refractivity contribution < 1.29 is 5.21 Å². The third kappa shape index (κ3) is 4.18. The minimum Gasteiger partial charge on any atom is -0.411 e. The van der Waals surface area contributed by atoms with Gasteiger partial charge < -0.3 is 20.7 Å². The van der Waals surface area contributed by atoms with Gasteiger partial charge in [-0.15, -0.1) is 13.2 Å². The fourth-order valence-electron chi connectivity index (χ4n) is 2.06. The summed E-state index contributed by atoms with van der Waals surface area (Å²) < 4.78 is 0. The van der Waals surface area contributed by atoms with Crippen LogP contribution in [0.4, 0.5) is 17.8 Å². The van der Waals surface area contributed by atoms with Gasteiger partial charge in [-0.25, -0.2) is 0 Å². The first-order valence-electron chi connectivity index (χ1n) is 7.17. The highest BCUT2D eigenvalue weighted by molar-refractivity contribution is 5.85. The molecule has 118 valence electrons. The quantitative estimate of drug-likeness (QED) is 0.399. The van der Waals surface area contributed by atoms with Crippen molar-refractivity contribution >= 4 is 23.6 Å². The van der Waals surface area contributed by atoms with Gasteiger partial charge in [0.15, 0.2) is 0 Å². The van der Waals surface area contributed by atoms with Crippen molar-refractivity contribution in [3.05, 3.63) is 25.3 Å². The predicted molar refractivity (Wildman–Crippen MR) is 87.9 cm³/mol. The van der Waals surface area contributed by atoms with Crippen molar-refractivity contribution in [2.24, 2.45) is 5.16 Å². The van der Waals surface area contributed by atoms with E-state index in [-0.39, 0.29) is 0 Å². The van der Waals surface area contributed by atoms with E-state index in [1.807, 2.05) is 0 Å². The maximum absolute atomic E-state index is 8.82. The van der Waals surface area contributed by atoms with Crippen LogP contribution >= 0.6 is 0 Å². The molecule has 8 heteroatoms. The highest BCUT2D eigenvalue weighted by Crippen LogP contribution is 2.17. The lowest BCUT2D eigenvalue weighted by molar-refractivity contribution is 0.315. The Hall–Kier alpha value is -2.64. The second-order valence-electron chi connectivity index (χ2n) is 4.78. The number of hydrogen-bond donors (Lipinski definition) is 3. The van der Waals surface area contributed by atoms with Crippen LogP contribution in [0.5, 0.6) is 0 Å². The molecule has 0 bridgehead atoms. The third-order valence-electron chi connectivity index (χ3n) is 3.20. The molecule has 3 N–H and O–H groups in total. The van der Waals surface area contributed by atoms with Gasteiger partial charge in [0, 0.05) is 39.0 Å². The van der Waals surface area contributed by atoms with Crippen LogP contribution in [0, 0.1) is 0 Å². The molecule has 0 radical (unpaired) electrons. The number of nitrogens with zero attached hydrogens (tertiary/aromatic N) is 5. The lowest BCUT2D eigenvalue weighted by Crippen LogP contribution is -2.35. The topological polar surface area (TPSA) is 98.6 Å². The maximum atomic E-state index is 8.82. The summed E-state index contributed by atoms with van der Waals surface area (Å²) in [5.74, 6) is 1.60. The smallest absolute Gasteiger partial charge is 0.231 e. The zero-order valence-electron chi connectivity index (χ0n) is 12.5. The fraction of sp³-hybridized carbons (Fsp3) is 0.429. The van der Waals surface area contributed by atoms with E-state index in [1.54, 1.807) is 12.2 Å². The summed E-state index contributed by atoms with van der Waals surface area (Å²) in [7, 11) is 0. The Bertz CT molecular complexity index is 518. The van der Waals surface area contributed by atoms with Crippen molar-refractivity contribution in [1.82, 2.24) is 15.0 Å². The standard InChI is InChI=1S/C14H21N7O/c1-3-7-15-12-17-13(16-8-4-2)19-14(18-12)21-9-5-11(20-22)6-10-21/h3-4,22H,1-2,5-10H2,(H2,15,16,17,18,19). The first kappa shape index (κ1) is 15.7. The van der Waals surface area contributed by atoms with Crippen LogP contribution in [0.25, 0.3) is 0 Å². The molecule has 0 aliphatic carbocycles. The molecule has 0 unspecified atom stereocenters. The van der Waals surface area contributed by atoms with Gasteiger partial charge in [0.05, 0.1) is 5.71 Å². The van der Waals surface area contributed by atoms with Crippen LogP contribution in [0.2, 0.25) is 0 Å². The molecular formula is C14H21N7O. The summed E-state index contributed by atoms with van der Waals surface area (Å²) >= 11 is 0. The number of aromatic nitrogens is 3. The van der Waals surface area contributed by atoms with E-state index in [9.17, 15) is 0 Å². The summed E-state index contributed by atoms with van der Waals surface area (Å²) in [6.07, 6.45) is 4.89. The highest BCUT2D eigenvalue weighted by Gasteiger charge is 2.19. The molecule has 1 aliphatic heterocycles. The number of piperidine rings is 1. The second-order valence-corrected chi connectivity index (χ2v) is 4.78. The van der Waals surface area contributed by atoms with Crippen LogP contribution in [-0.4, -0.2) is 52.0 Å². The zero-order valence-corrected chi connectivity index (χ0v) is 12.5. The fourth-order valence-corrected chi connectivity index (χ4v) is 2.06. The van der Waals surface area contributed by atoms with Crippen molar-refractivity contribution in [1.29, 1.82) is 0 Å². The monoisotopic (exact) mass is 303 g/mol. The number of hydrogen-bond acceptors (Lipinski definition) is 8. The van der Waals surface area contributed by atoms with E-state index < -0.39 is 0 Å². The molecule has 0 amide bonds. The maximum Gasteiger partial charge on any atom is 0.231 e. The van der Waals surface area contributed by atoms with Gasteiger partial charge in [0.25, 0.3) is 0 Å². The Morgan fingerprint density at radius 2 is 1.59 bits per heavy atom. The van der Waals surface area contributed by atoms with E-state index in [2.05, 4.69) is 48.8 Å². The molecule has 2 rings (SSSR count). The summed E-state index contributed by atoms with van der Waals surface area (Å²) in [6, 6.07) is 0. The number of rotatable bonds is 7. The molecule has 2 heterocycles. The van der Waals surface area contributed by atoms with Crippen LogP contribution in [-0.2, 0) is 0 Å². The highest BCUT2D eigenvalue weighted by atomic mass is 16.4. The van der Waals surface area contributed by atoms with Crippen LogP contribution in [0.3, 0.4) is 0 Å². The van der Waals surface area contributed by atoms with E-state index in [0.717, 1.165) is 5.71 Å². The van der Waals surface area contributed by atoms with E-state index in [1.165, 1.54) is 0 Å². The lowest BCUT2D eigenvalue weighted by Gasteiger charge is -2.27. The van der Waals surface area contributed by atoms with Crippen molar-refractivity contribution in [3.63, 3.8) is 0 Å². The molecule has 1 saturated heterocycles. The molecule has 22 heavy (non-hydrogen) atoms. The SMILES string of the molecule is C=CCNc1nc(NCC=C)nc(N2CCC(=NO)CC2)n1. The Kier molecular flexibility index (Phi) is 5.70. The first-order chi connectivity index (χ1) is 10.8. The molecular weight excluding hydrogens is 282 g/mol. The van der Waals surface area contributed by atoms with E-state index >= 15 is 0 Å². The Labute approximate surface area is 129 Å². The molecule has 1 fully saturated rings. The molecule has 1 aromatic rings. The van der Waals surface area contributed by atoms with Gasteiger partial charge >= 0.3 is 0 Å². The Morgan fingerprint density at radius 3 is 2.05 bits per heavy atom. The second kappa shape index (κ2) is 7.96. The number of nitrogens with one attached hydrogen (secondary N) is 2. The summed E-state index contributed by atoms with van der Waals surface area (Å²) in [5, 5.41) is 18.2. The van der Waals surface area contributed by atoms with Gasteiger partial charge in [-0.05, 0) is 0 Å². The van der Waals surface area contributed by atoms with Crippen molar-refractivity contribution in [2.75, 3.05) is 41.7 Å². The van der Waals surface area contributed by atoms with E-state index in [4.69, 9.17) is 5.21 Å². The van der Waals surface area contributed by atoms with Crippen LogP contribution in [0.15, 0.2) is 30.5 Å². The minimum atomic E-state index is 0.498. The largest absolute Gasteiger partial charge is 0.411 e. The van der Waals surface area contributed by atoms with Gasteiger partial charge in [-0.1, -0.05) is 17.3 Å². The normalized spacial score (nSPS) is 14.4. The number of oxime groups is 1. The predicted octanol–water partition coefficient (Wildman–Crippen LogP) is 1.50. The minimum absolute atomic E-state index is 0.498. The average Bonchev–Trinajstić information content (AvgIpc) is 2.58. The molecule has 1 aliphatic rings. The summed E-state index contributed by atoms with van der Waals surface area (Å²) in [4.78, 5) is 15.2. The molecule has 1 aromatic heterocycles. The Morgan fingerprint density at radius 1 is 1.05 bits per heavy atom. The van der Waals surface area contributed by atoms with Crippen molar-refractivity contribution in [3.8, 4) is 0 Å².